The first-order valence-corrected chi connectivity index (χ1v) is 12.8. The minimum atomic E-state index is -0.398. The molecule has 2 heterocycles. The molecule has 1 N–H and O–H groups in total. The number of hydrogen-bond donors (Lipinski definition) is 1. The Kier molecular flexibility index (Phi) is 8.32. The third kappa shape index (κ3) is 5.91. The number of nitrogens with zero attached hydrogens (tertiary/aromatic N) is 2. The van der Waals surface area contributed by atoms with Crippen LogP contribution in [0.2, 0.25) is 0 Å². The minimum Gasteiger partial charge on any atom is -0.486 e. The van der Waals surface area contributed by atoms with Crippen molar-refractivity contribution < 1.29 is 23.5 Å². The lowest BCUT2D eigenvalue weighted by Gasteiger charge is -2.39. The predicted molar refractivity (Wildman–Crippen MR) is 136 cm³/mol. The summed E-state index contributed by atoms with van der Waals surface area (Å²) in [7, 11) is 1.57. The number of nitrogens with one attached hydrogen (secondary N) is 1. The topological polar surface area (TPSA) is 80.8 Å². The monoisotopic (exact) mass is 511 g/mol. The normalized spacial score (nSPS) is 15.0. The van der Waals surface area contributed by atoms with Gasteiger partial charge in [0.05, 0.1) is 12.6 Å². The van der Waals surface area contributed by atoms with E-state index >= 15 is 0 Å². The van der Waals surface area contributed by atoms with Crippen molar-refractivity contribution in [2.75, 3.05) is 26.8 Å². The van der Waals surface area contributed by atoms with Crippen LogP contribution >= 0.6 is 11.3 Å². The maximum absolute atomic E-state index is 14.1. The number of carbonyl (C=O) groups excluding carboxylic acids is 2. The first-order valence-electron chi connectivity index (χ1n) is 11.9. The Morgan fingerprint density at radius 1 is 1.25 bits per heavy atom. The van der Waals surface area contributed by atoms with Crippen molar-refractivity contribution in [2.24, 2.45) is 5.92 Å². The summed E-state index contributed by atoms with van der Waals surface area (Å²) in [6, 6.07) is 11.8. The smallest absolute Gasteiger partial charge is 0.270 e. The molecule has 1 aliphatic rings. The average molecular weight is 512 g/mol. The number of halogens is 1. The molecule has 4 rings (SSSR count). The number of rotatable bonds is 9. The average Bonchev–Trinajstić information content (AvgIpc) is 3.35. The maximum atomic E-state index is 14.1. The van der Waals surface area contributed by atoms with Crippen LogP contribution in [-0.2, 0) is 22.6 Å². The molecule has 1 unspecified atom stereocenters. The van der Waals surface area contributed by atoms with Crippen LogP contribution in [0.15, 0.2) is 47.8 Å². The molecular formula is C27H30FN3O4S. The highest BCUT2D eigenvalue weighted by Crippen LogP contribution is 2.38. The SMILES string of the molecule is COCCNC(=O)c1csc(COc2ccc3c(c2)C(c2cccc(F)c2)N(C(=O)C(C)C)CC3)n1. The Morgan fingerprint density at radius 2 is 2.08 bits per heavy atom. The van der Waals surface area contributed by atoms with E-state index in [1.165, 1.54) is 23.5 Å². The second-order valence-electron chi connectivity index (χ2n) is 8.92. The molecule has 0 saturated heterocycles. The second kappa shape index (κ2) is 11.6. The zero-order chi connectivity index (χ0) is 25.7. The fraction of sp³-hybridized carbons (Fsp3) is 0.370. The summed E-state index contributed by atoms with van der Waals surface area (Å²) in [6.07, 6.45) is 0.716. The molecular weight excluding hydrogens is 481 g/mol. The number of thiazole rings is 1. The second-order valence-corrected chi connectivity index (χ2v) is 9.86. The number of hydrogen-bond acceptors (Lipinski definition) is 6. The first-order chi connectivity index (χ1) is 17.4. The number of fused-ring (bicyclic) bond motifs is 1. The minimum absolute atomic E-state index is 0.0281. The molecule has 0 bridgehead atoms. The standard InChI is InChI=1S/C27H30FN3O4S/c1-17(2)27(33)31-11-9-18-7-8-21(14-22(18)25(31)19-5-4-6-20(28)13-19)35-15-24-30-23(16-36-24)26(32)29-10-12-34-3/h4-8,13-14,16-17,25H,9-12,15H2,1-3H3,(H,29,32). The van der Waals surface area contributed by atoms with Crippen LogP contribution in [0.4, 0.5) is 4.39 Å². The Bertz CT molecular complexity index is 1230. The van der Waals surface area contributed by atoms with E-state index in [0.29, 0.717) is 42.6 Å². The lowest BCUT2D eigenvalue weighted by atomic mass is 9.87. The summed E-state index contributed by atoms with van der Waals surface area (Å²) in [5, 5.41) is 5.11. The molecule has 0 radical (unpaired) electrons. The largest absolute Gasteiger partial charge is 0.486 e. The van der Waals surface area contributed by atoms with Gasteiger partial charge in [-0.3, -0.25) is 9.59 Å². The number of benzene rings is 2. The lowest BCUT2D eigenvalue weighted by Crippen LogP contribution is -2.42. The fourth-order valence-electron chi connectivity index (χ4n) is 4.27. The molecule has 0 spiro atoms. The Morgan fingerprint density at radius 3 is 2.83 bits per heavy atom. The molecule has 1 aliphatic heterocycles. The van der Waals surface area contributed by atoms with Gasteiger partial charge in [0, 0.05) is 31.5 Å². The third-order valence-corrected chi connectivity index (χ3v) is 6.85. The third-order valence-electron chi connectivity index (χ3n) is 6.03. The van der Waals surface area contributed by atoms with Gasteiger partial charge in [0.15, 0.2) is 0 Å². The van der Waals surface area contributed by atoms with Crippen LogP contribution in [0.25, 0.3) is 0 Å². The van der Waals surface area contributed by atoms with Crippen molar-refractivity contribution in [3.8, 4) is 5.75 Å². The molecule has 36 heavy (non-hydrogen) atoms. The van der Waals surface area contributed by atoms with Gasteiger partial charge < -0.3 is 19.7 Å². The molecule has 2 amide bonds. The van der Waals surface area contributed by atoms with Crippen molar-refractivity contribution in [2.45, 2.75) is 32.9 Å². The molecule has 1 aromatic heterocycles. The van der Waals surface area contributed by atoms with E-state index in [9.17, 15) is 14.0 Å². The molecule has 0 aliphatic carbocycles. The van der Waals surface area contributed by atoms with E-state index in [4.69, 9.17) is 9.47 Å². The summed E-state index contributed by atoms with van der Waals surface area (Å²) in [4.78, 5) is 31.4. The summed E-state index contributed by atoms with van der Waals surface area (Å²) in [5.41, 5.74) is 3.10. The molecule has 0 saturated carbocycles. The van der Waals surface area contributed by atoms with E-state index in [1.807, 2.05) is 43.0 Å². The van der Waals surface area contributed by atoms with Gasteiger partial charge in [0.2, 0.25) is 5.91 Å². The van der Waals surface area contributed by atoms with E-state index in [0.717, 1.165) is 16.7 Å². The van der Waals surface area contributed by atoms with Gasteiger partial charge in [0.25, 0.3) is 5.91 Å². The Balaban J connectivity index is 1.55. The van der Waals surface area contributed by atoms with Crippen molar-refractivity contribution in [3.05, 3.63) is 81.1 Å². The van der Waals surface area contributed by atoms with Gasteiger partial charge in [-0.15, -0.1) is 11.3 Å². The number of amides is 2. The van der Waals surface area contributed by atoms with Gasteiger partial charge in [-0.2, -0.15) is 0 Å². The number of aromatic nitrogens is 1. The summed E-state index contributed by atoms with van der Waals surface area (Å²) in [5.74, 6) is -0.116. The zero-order valence-electron chi connectivity index (χ0n) is 20.6. The lowest BCUT2D eigenvalue weighted by molar-refractivity contribution is -0.136. The van der Waals surface area contributed by atoms with E-state index in [-0.39, 0.29) is 30.2 Å². The van der Waals surface area contributed by atoms with Gasteiger partial charge in [0.1, 0.15) is 28.9 Å². The quantitative estimate of drug-likeness (QED) is 0.432. The van der Waals surface area contributed by atoms with Crippen LogP contribution in [0.1, 0.15) is 52.1 Å². The van der Waals surface area contributed by atoms with Crippen molar-refractivity contribution in [1.82, 2.24) is 15.2 Å². The highest BCUT2D eigenvalue weighted by molar-refractivity contribution is 7.09. The molecule has 7 nitrogen and oxygen atoms in total. The molecule has 9 heteroatoms. The van der Waals surface area contributed by atoms with Gasteiger partial charge in [-0.1, -0.05) is 32.0 Å². The van der Waals surface area contributed by atoms with Crippen molar-refractivity contribution >= 4 is 23.2 Å². The van der Waals surface area contributed by atoms with Gasteiger partial charge in [-0.25, -0.2) is 9.37 Å². The predicted octanol–water partition coefficient (Wildman–Crippen LogP) is 4.37. The Hall–Kier alpha value is -3.30. The highest BCUT2D eigenvalue weighted by atomic mass is 32.1. The van der Waals surface area contributed by atoms with E-state index in [2.05, 4.69) is 10.3 Å². The van der Waals surface area contributed by atoms with Crippen LogP contribution in [0, 0.1) is 11.7 Å². The maximum Gasteiger partial charge on any atom is 0.270 e. The number of carbonyl (C=O) groups is 2. The molecule has 3 aromatic rings. The number of ether oxygens (including phenoxy) is 2. The van der Waals surface area contributed by atoms with Crippen molar-refractivity contribution in [3.63, 3.8) is 0 Å². The molecule has 0 fully saturated rings. The van der Waals surface area contributed by atoms with Crippen LogP contribution in [0.5, 0.6) is 5.75 Å². The zero-order valence-corrected chi connectivity index (χ0v) is 21.4. The van der Waals surface area contributed by atoms with E-state index < -0.39 is 6.04 Å². The van der Waals surface area contributed by atoms with Crippen LogP contribution in [0.3, 0.4) is 0 Å². The fourth-order valence-corrected chi connectivity index (χ4v) is 4.96. The molecule has 2 aromatic carbocycles. The summed E-state index contributed by atoms with van der Waals surface area (Å²) < 4.78 is 25.1. The number of methoxy groups -OCH3 is 1. The summed E-state index contributed by atoms with van der Waals surface area (Å²) >= 11 is 1.35. The van der Waals surface area contributed by atoms with Gasteiger partial charge in [-0.05, 0) is 47.4 Å². The Labute approximate surface area is 214 Å². The van der Waals surface area contributed by atoms with Gasteiger partial charge >= 0.3 is 0 Å². The van der Waals surface area contributed by atoms with Crippen molar-refractivity contribution in [1.29, 1.82) is 0 Å². The molecule has 1 atom stereocenters. The molecule has 190 valence electrons. The van der Waals surface area contributed by atoms with E-state index in [1.54, 1.807) is 18.6 Å². The van der Waals surface area contributed by atoms with Crippen LogP contribution in [-0.4, -0.2) is 48.5 Å². The highest BCUT2D eigenvalue weighted by Gasteiger charge is 2.33. The van der Waals surface area contributed by atoms with Crippen LogP contribution < -0.4 is 10.1 Å². The summed E-state index contributed by atoms with van der Waals surface area (Å²) in [6.45, 7) is 5.37. The first kappa shape index (κ1) is 25.8.